The zero-order valence-electron chi connectivity index (χ0n) is 9.70. The predicted octanol–water partition coefficient (Wildman–Crippen LogP) is 0.807. The molecule has 2 aliphatic rings. The number of rotatable bonds is 4. The van der Waals surface area contributed by atoms with E-state index in [-0.39, 0.29) is 11.8 Å². The van der Waals surface area contributed by atoms with Crippen molar-refractivity contribution < 1.29 is 4.79 Å². The molecule has 0 bridgehead atoms. The average Bonchev–Trinajstić information content (AvgIpc) is 2.25. The standard InChI is InChI=1S/C11H20N2OS2/c1-8(9-4-12-5-9)11(14)13-6-10-7-15-2-3-16-10/h8-10,12H,2-7H2,1H3,(H,13,14). The van der Waals surface area contributed by atoms with Crippen LogP contribution in [0.5, 0.6) is 0 Å². The number of amides is 1. The third-order valence-corrected chi connectivity index (χ3v) is 6.17. The molecule has 2 atom stereocenters. The molecule has 3 nitrogen and oxygen atoms in total. The van der Waals surface area contributed by atoms with Crippen molar-refractivity contribution in [2.75, 3.05) is 36.9 Å². The van der Waals surface area contributed by atoms with Crippen molar-refractivity contribution in [2.45, 2.75) is 12.2 Å². The summed E-state index contributed by atoms with van der Waals surface area (Å²) in [7, 11) is 0. The van der Waals surface area contributed by atoms with Crippen molar-refractivity contribution >= 4 is 29.4 Å². The van der Waals surface area contributed by atoms with Crippen molar-refractivity contribution in [3.05, 3.63) is 0 Å². The zero-order valence-corrected chi connectivity index (χ0v) is 11.3. The van der Waals surface area contributed by atoms with E-state index >= 15 is 0 Å². The Morgan fingerprint density at radius 3 is 2.88 bits per heavy atom. The van der Waals surface area contributed by atoms with E-state index in [1.54, 1.807) is 0 Å². The number of thioether (sulfide) groups is 2. The number of carbonyl (C=O) groups excluding carboxylic acids is 1. The highest BCUT2D eigenvalue weighted by molar-refractivity contribution is 8.06. The Morgan fingerprint density at radius 2 is 2.31 bits per heavy atom. The van der Waals surface area contributed by atoms with E-state index in [1.165, 1.54) is 17.3 Å². The lowest BCUT2D eigenvalue weighted by atomic mass is 9.88. The van der Waals surface area contributed by atoms with Crippen LogP contribution in [-0.2, 0) is 4.79 Å². The van der Waals surface area contributed by atoms with E-state index in [1.807, 2.05) is 30.4 Å². The fraction of sp³-hybridized carbons (Fsp3) is 0.909. The summed E-state index contributed by atoms with van der Waals surface area (Å²) >= 11 is 4.00. The van der Waals surface area contributed by atoms with Gasteiger partial charge >= 0.3 is 0 Å². The summed E-state index contributed by atoms with van der Waals surface area (Å²) in [6, 6.07) is 0. The second-order valence-electron chi connectivity index (χ2n) is 4.52. The molecule has 0 aromatic rings. The maximum Gasteiger partial charge on any atom is 0.223 e. The topological polar surface area (TPSA) is 41.1 Å². The predicted molar refractivity (Wildman–Crippen MR) is 72.1 cm³/mol. The summed E-state index contributed by atoms with van der Waals surface area (Å²) in [4.78, 5) is 11.9. The first-order chi connectivity index (χ1) is 7.77. The Kier molecular flexibility index (Phi) is 4.85. The first kappa shape index (κ1) is 12.6. The molecule has 2 fully saturated rings. The molecule has 0 aromatic carbocycles. The molecule has 0 radical (unpaired) electrons. The van der Waals surface area contributed by atoms with Gasteiger partial charge in [-0.1, -0.05) is 6.92 Å². The lowest BCUT2D eigenvalue weighted by Gasteiger charge is -2.32. The third kappa shape index (κ3) is 3.31. The number of hydrogen-bond donors (Lipinski definition) is 2. The van der Waals surface area contributed by atoms with Crippen LogP contribution in [0.3, 0.4) is 0 Å². The molecule has 0 aliphatic carbocycles. The molecule has 2 heterocycles. The molecular weight excluding hydrogens is 240 g/mol. The van der Waals surface area contributed by atoms with Gasteiger partial charge in [-0.2, -0.15) is 23.5 Å². The van der Waals surface area contributed by atoms with Crippen molar-refractivity contribution in [3.8, 4) is 0 Å². The first-order valence-electron chi connectivity index (χ1n) is 5.95. The smallest absolute Gasteiger partial charge is 0.223 e. The Morgan fingerprint density at radius 1 is 1.50 bits per heavy atom. The Hall–Kier alpha value is 0.130. The van der Waals surface area contributed by atoms with Gasteiger partial charge in [0.25, 0.3) is 0 Å². The Labute approximate surface area is 106 Å². The lowest BCUT2D eigenvalue weighted by molar-refractivity contribution is -0.126. The molecule has 2 N–H and O–H groups in total. The van der Waals surface area contributed by atoms with Crippen molar-refractivity contribution in [3.63, 3.8) is 0 Å². The van der Waals surface area contributed by atoms with E-state index in [2.05, 4.69) is 10.6 Å². The van der Waals surface area contributed by atoms with Gasteiger partial charge in [-0.3, -0.25) is 4.79 Å². The summed E-state index contributed by atoms with van der Waals surface area (Å²) in [5.41, 5.74) is 0. The molecule has 5 heteroatoms. The molecule has 16 heavy (non-hydrogen) atoms. The SMILES string of the molecule is CC(C(=O)NCC1CSCCS1)C1CNC1. The highest BCUT2D eigenvalue weighted by Crippen LogP contribution is 2.23. The summed E-state index contributed by atoms with van der Waals surface area (Å²) in [5.74, 6) is 4.63. The fourth-order valence-electron chi connectivity index (χ4n) is 1.91. The quantitative estimate of drug-likeness (QED) is 0.785. The summed E-state index contributed by atoms with van der Waals surface area (Å²) in [6.45, 7) is 4.90. The zero-order chi connectivity index (χ0) is 11.4. The van der Waals surface area contributed by atoms with Crippen LogP contribution >= 0.6 is 23.5 Å². The van der Waals surface area contributed by atoms with E-state index in [0.29, 0.717) is 11.2 Å². The number of carbonyl (C=O) groups is 1. The van der Waals surface area contributed by atoms with Gasteiger partial charge in [0.15, 0.2) is 0 Å². The van der Waals surface area contributed by atoms with E-state index in [0.717, 1.165) is 19.6 Å². The van der Waals surface area contributed by atoms with E-state index in [9.17, 15) is 4.79 Å². The largest absolute Gasteiger partial charge is 0.355 e. The van der Waals surface area contributed by atoms with Crippen LogP contribution < -0.4 is 10.6 Å². The van der Waals surface area contributed by atoms with Crippen LogP contribution in [0.4, 0.5) is 0 Å². The van der Waals surface area contributed by atoms with Crippen molar-refractivity contribution in [1.82, 2.24) is 10.6 Å². The van der Waals surface area contributed by atoms with Crippen LogP contribution in [0.1, 0.15) is 6.92 Å². The minimum Gasteiger partial charge on any atom is -0.355 e. The van der Waals surface area contributed by atoms with Gasteiger partial charge in [-0.25, -0.2) is 0 Å². The lowest BCUT2D eigenvalue weighted by Crippen LogP contribution is -2.50. The Balaban J connectivity index is 1.65. The molecule has 0 spiro atoms. The van der Waals surface area contributed by atoms with Crippen LogP contribution in [-0.4, -0.2) is 48.0 Å². The minimum atomic E-state index is 0.169. The summed E-state index contributed by atoms with van der Waals surface area (Å²) < 4.78 is 0. The van der Waals surface area contributed by atoms with Gasteiger partial charge in [0, 0.05) is 35.0 Å². The van der Waals surface area contributed by atoms with Gasteiger partial charge < -0.3 is 10.6 Å². The van der Waals surface area contributed by atoms with Crippen LogP contribution in [0.15, 0.2) is 0 Å². The molecule has 0 aromatic heterocycles. The van der Waals surface area contributed by atoms with Gasteiger partial charge in [0.1, 0.15) is 0 Å². The normalized spacial score (nSPS) is 28.2. The molecule has 1 amide bonds. The maximum atomic E-state index is 11.9. The monoisotopic (exact) mass is 260 g/mol. The maximum absolute atomic E-state index is 11.9. The molecule has 0 saturated carbocycles. The van der Waals surface area contributed by atoms with E-state index in [4.69, 9.17) is 0 Å². The van der Waals surface area contributed by atoms with Crippen LogP contribution in [0.25, 0.3) is 0 Å². The van der Waals surface area contributed by atoms with E-state index < -0.39 is 0 Å². The second kappa shape index (κ2) is 6.17. The molecule has 2 saturated heterocycles. The first-order valence-corrected chi connectivity index (χ1v) is 8.15. The second-order valence-corrected chi connectivity index (χ2v) is 7.08. The van der Waals surface area contributed by atoms with Crippen molar-refractivity contribution in [1.29, 1.82) is 0 Å². The number of hydrogen-bond acceptors (Lipinski definition) is 4. The molecular formula is C11H20N2OS2. The van der Waals surface area contributed by atoms with Gasteiger partial charge in [0.2, 0.25) is 5.91 Å². The molecule has 92 valence electrons. The van der Waals surface area contributed by atoms with Gasteiger partial charge in [0.05, 0.1) is 0 Å². The number of nitrogens with one attached hydrogen (secondary N) is 2. The highest BCUT2D eigenvalue weighted by atomic mass is 32.2. The summed E-state index contributed by atoms with van der Waals surface area (Å²) in [5, 5.41) is 6.94. The fourth-order valence-corrected chi connectivity index (χ4v) is 4.52. The van der Waals surface area contributed by atoms with Crippen molar-refractivity contribution in [2.24, 2.45) is 11.8 Å². The third-order valence-electron chi connectivity index (χ3n) is 3.32. The van der Waals surface area contributed by atoms with Crippen LogP contribution in [0.2, 0.25) is 0 Å². The average molecular weight is 260 g/mol. The summed E-state index contributed by atoms with van der Waals surface area (Å²) in [6.07, 6.45) is 0. The minimum absolute atomic E-state index is 0.169. The molecule has 2 aliphatic heterocycles. The molecule has 2 rings (SSSR count). The van der Waals surface area contributed by atoms with Gasteiger partial charge in [-0.15, -0.1) is 0 Å². The Bertz CT molecular complexity index is 240. The molecule has 2 unspecified atom stereocenters. The van der Waals surface area contributed by atoms with Gasteiger partial charge in [-0.05, 0) is 19.0 Å². The van der Waals surface area contributed by atoms with Crippen LogP contribution in [0, 0.1) is 11.8 Å². The highest BCUT2D eigenvalue weighted by Gasteiger charge is 2.28.